The van der Waals surface area contributed by atoms with E-state index in [2.05, 4.69) is 4.90 Å². The smallest absolute Gasteiger partial charge is 0.410 e. The zero-order valence-corrected chi connectivity index (χ0v) is 21.8. The molecule has 1 amide bonds. The molecule has 5 fully saturated rings. The Morgan fingerprint density at radius 2 is 1.54 bits per heavy atom. The van der Waals surface area contributed by atoms with Crippen molar-refractivity contribution in [2.45, 2.75) is 86.9 Å². The first-order valence-corrected chi connectivity index (χ1v) is 15.2. The molecule has 6 rings (SSSR count). The number of halogens is 1. The molecule has 9 heteroatoms. The van der Waals surface area contributed by atoms with Crippen molar-refractivity contribution in [3.05, 3.63) is 29.3 Å². The average Bonchev–Trinajstić information content (AvgIpc) is 3.68. The van der Waals surface area contributed by atoms with Crippen molar-refractivity contribution in [1.82, 2.24) is 14.1 Å². The molecule has 1 saturated carbocycles. The second kappa shape index (κ2) is 9.51. The summed E-state index contributed by atoms with van der Waals surface area (Å²) in [6.45, 7) is 3.81. The van der Waals surface area contributed by atoms with Crippen LogP contribution < -0.4 is 0 Å². The molecular formula is C26H36ClN3O4S. The Balaban J connectivity index is 1.15. The minimum absolute atomic E-state index is 0.00895. The van der Waals surface area contributed by atoms with Gasteiger partial charge in [-0.3, -0.25) is 0 Å². The number of sulfonamides is 1. The molecule has 1 aromatic rings. The van der Waals surface area contributed by atoms with E-state index in [-0.39, 0.29) is 41.0 Å². The Morgan fingerprint density at radius 3 is 2.26 bits per heavy atom. The lowest BCUT2D eigenvalue weighted by Crippen LogP contribution is -2.60. The zero-order valence-electron chi connectivity index (χ0n) is 20.2. The third-order valence-corrected chi connectivity index (χ3v) is 11.3. The van der Waals surface area contributed by atoms with Crippen molar-refractivity contribution in [3.63, 3.8) is 0 Å². The van der Waals surface area contributed by atoms with Gasteiger partial charge in [-0.05, 0) is 88.2 Å². The fraction of sp³-hybridized carbons (Fsp3) is 0.731. The number of fused-ring (bicyclic) bond motifs is 4. The van der Waals surface area contributed by atoms with Crippen LogP contribution in [0.2, 0.25) is 5.02 Å². The first-order valence-electron chi connectivity index (χ1n) is 13.4. The number of rotatable bonds is 4. The first kappa shape index (κ1) is 24.0. The summed E-state index contributed by atoms with van der Waals surface area (Å²) in [6.07, 6.45) is 8.81. The molecule has 1 aliphatic carbocycles. The summed E-state index contributed by atoms with van der Waals surface area (Å²) < 4.78 is 35.3. The quantitative estimate of drug-likeness (QED) is 0.589. The van der Waals surface area contributed by atoms with Gasteiger partial charge in [0.1, 0.15) is 6.10 Å². The van der Waals surface area contributed by atoms with Gasteiger partial charge in [-0.25, -0.2) is 13.2 Å². The molecule has 0 N–H and O–H groups in total. The highest BCUT2D eigenvalue weighted by atomic mass is 35.5. The second-order valence-electron chi connectivity index (χ2n) is 11.1. The molecule has 4 aliphatic heterocycles. The van der Waals surface area contributed by atoms with E-state index in [4.69, 9.17) is 16.3 Å². The third kappa shape index (κ3) is 4.49. The van der Waals surface area contributed by atoms with Gasteiger partial charge in [0.2, 0.25) is 10.0 Å². The highest BCUT2D eigenvalue weighted by molar-refractivity contribution is 7.89. The molecule has 0 radical (unpaired) electrons. The molecule has 2 bridgehead atoms. The van der Waals surface area contributed by atoms with Crippen LogP contribution >= 0.6 is 11.6 Å². The number of carbonyl (C=O) groups is 1. The lowest BCUT2D eigenvalue weighted by Gasteiger charge is -2.48. The zero-order chi connectivity index (χ0) is 24.2. The molecule has 0 spiro atoms. The number of hydrogen-bond acceptors (Lipinski definition) is 5. The normalized spacial score (nSPS) is 34.3. The second-order valence-corrected chi connectivity index (χ2v) is 13.4. The number of amides is 1. The molecule has 7 nitrogen and oxygen atoms in total. The maximum Gasteiger partial charge on any atom is 0.410 e. The highest BCUT2D eigenvalue weighted by Gasteiger charge is 2.63. The SMILES string of the molecule is O=C(O[C@H]1C2CC2C2CCCC1N2S(=O)(=O)c1ccc(Cl)cc1)N1CCC(N2CCCCC2)CC1. The van der Waals surface area contributed by atoms with Crippen molar-refractivity contribution in [1.29, 1.82) is 0 Å². The van der Waals surface area contributed by atoms with E-state index in [0.717, 1.165) is 51.6 Å². The summed E-state index contributed by atoms with van der Waals surface area (Å²) in [5.41, 5.74) is 0. The Kier molecular flexibility index (Phi) is 6.52. The minimum atomic E-state index is -3.69. The third-order valence-electron chi connectivity index (χ3n) is 9.10. The van der Waals surface area contributed by atoms with Gasteiger partial charge in [-0.15, -0.1) is 0 Å². The molecule has 5 aliphatic rings. The molecule has 35 heavy (non-hydrogen) atoms. The van der Waals surface area contributed by atoms with E-state index in [0.29, 0.717) is 11.1 Å². The Morgan fingerprint density at radius 1 is 0.857 bits per heavy atom. The summed E-state index contributed by atoms with van der Waals surface area (Å²) in [5.74, 6) is 0.577. The lowest BCUT2D eigenvalue weighted by atomic mass is 9.85. The van der Waals surface area contributed by atoms with E-state index >= 15 is 0 Å². The maximum atomic E-state index is 13.7. The van der Waals surface area contributed by atoms with Gasteiger partial charge >= 0.3 is 6.09 Å². The monoisotopic (exact) mass is 521 g/mol. The molecule has 4 heterocycles. The van der Waals surface area contributed by atoms with E-state index in [9.17, 15) is 13.2 Å². The maximum absolute atomic E-state index is 13.7. The summed E-state index contributed by atoms with van der Waals surface area (Å²) in [7, 11) is -3.69. The summed E-state index contributed by atoms with van der Waals surface area (Å²) in [4.78, 5) is 18.0. The molecule has 0 aromatic heterocycles. The van der Waals surface area contributed by atoms with Gasteiger partial charge < -0.3 is 14.5 Å². The molecular weight excluding hydrogens is 486 g/mol. The van der Waals surface area contributed by atoms with Crippen LogP contribution in [0.5, 0.6) is 0 Å². The summed E-state index contributed by atoms with van der Waals surface area (Å²) in [6, 6.07) is 6.71. The fourth-order valence-electron chi connectivity index (χ4n) is 7.23. The predicted molar refractivity (Wildman–Crippen MR) is 134 cm³/mol. The van der Waals surface area contributed by atoms with Crippen LogP contribution in [0.1, 0.15) is 57.8 Å². The van der Waals surface area contributed by atoms with Crippen LogP contribution in [0.15, 0.2) is 29.2 Å². The number of benzene rings is 1. The van der Waals surface area contributed by atoms with E-state index in [1.807, 2.05) is 4.90 Å². The number of likely N-dealkylation sites (tertiary alicyclic amines) is 2. The van der Waals surface area contributed by atoms with Crippen molar-refractivity contribution in [3.8, 4) is 0 Å². The molecule has 4 unspecified atom stereocenters. The standard InChI is InChI=1S/C26H36ClN3O4S/c27-18-7-9-20(10-8-18)35(32,33)30-23-5-4-6-24(30)25(22-17-21(22)23)34-26(31)29-15-11-19(12-16-29)28-13-2-1-3-14-28/h7-10,19,21-25H,1-6,11-17H2/t21?,22?,23?,24?,25-/m0/s1. The number of piperidine rings is 4. The van der Waals surface area contributed by atoms with Gasteiger partial charge in [0, 0.05) is 36.1 Å². The molecule has 1 aromatic carbocycles. The highest BCUT2D eigenvalue weighted by Crippen LogP contribution is 2.57. The number of carbonyl (C=O) groups excluding carboxylic acids is 1. The van der Waals surface area contributed by atoms with E-state index in [1.165, 1.54) is 32.4 Å². The van der Waals surface area contributed by atoms with Gasteiger partial charge in [-0.1, -0.05) is 24.4 Å². The van der Waals surface area contributed by atoms with Crippen LogP contribution in [0, 0.1) is 11.8 Å². The Hall–Kier alpha value is -1.35. The minimum Gasteiger partial charge on any atom is -0.444 e. The van der Waals surface area contributed by atoms with Crippen LogP contribution in [-0.2, 0) is 14.8 Å². The van der Waals surface area contributed by atoms with E-state index in [1.54, 1.807) is 28.6 Å². The van der Waals surface area contributed by atoms with Crippen LogP contribution in [-0.4, -0.2) is 79.0 Å². The van der Waals surface area contributed by atoms with Crippen molar-refractivity contribution < 1.29 is 17.9 Å². The number of hydrogen-bond donors (Lipinski definition) is 0. The van der Waals surface area contributed by atoms with Crippen LogP contribution in [0.4, 0.5) is 4.79 Å². The van der Waals surface area contributed by atoms with E-state index < -0.39 is 10.0 Å². The molecule has 192 valence electrons. The van der Waals surface area contributed by atoms with Gasteiger partial charge in [0.05, 0.1) is 10.9 Å². The Labute approximate surface area is 213 Å². The molecule has 4 saturated heterocycles. The topological polar surface area (TPSA) is 70.2 Å². The van der Waals surface area contributed by atoms with Crippen LogP contribution in [0.3, 0.4) is 0 Å². The van der Waals surface area contributed by atoms with Gasteiger partial charge in [0.15, 0.2) is 0 Å². The average molecular weight is 522 g/mol. The predicted octanol–water partition coefficient (Wildman–Crippen LogP) is 4.36. The molecule has 5 atom stereocenters. The first-order chi connectivity index (χ1) is 16.9. The fourth-order valence-corrected chi connectivity index (χ4v) is 9.28. The van der Waals surface area contributed by atoms with Crippen molar-refractivity contribution in [2.24, 2.45) is 11.8 Å². The van der Waals surface area contributed by atoms with Crippen molar-refractivity contribution >= 4 is 27.7 Å². The van der Waals surface area contributed by atoms with Crippen molar-refractivity contribution in [2.75, 3.05) is 26.2 Å². The summed E-state index contributed by atoms with van der Waals surface area (Å²) in [5, 5.41) is 0.515. The number of ether oxygens (including phenoxy) is 1. The lowest BCUT2D eigenvalue weighted by molar-refractivity contribution is -0.0356. The largest absolute Gasteiger partial charge is 0.444 e. The van der Waals surface area contributed by atoms with Gasteiger partial charge in [0.25, 0.3) is 0 Å². The Bertz CT molecular complexity index is 1040. The van der Waals surface area contributed by atoms with Crippen LogP contribution in [0.25, 0.3) is 0 Å². The number of nitrogens with zero attached hydrogens (tertiary/aromatic N) is 3. The van der Waals surface area contributed by atoms with Gasteiger partial charge in [-0.2, -0.15) is 4.31 Å². The summed E-state index contributed by atoms with van der Waals surface area (Å²) >= 11 is 6.01.